The predicted octanol–water partition coefficient (Wildman–Crippen LogP) is 4.67. The van der Waals surface area contributed by atoms with Gasteiger partial charge in [-0.05, 0) is 49.6 Å². The average molecular weight is 368 g/mol. The van der Waals surface area contributed by atoms with Crippen molar-refractivity contribution in [1.29, 1.82) is 0 Å². The van der Waals surface area contributed by atoms with Crippen molar-refractivity contribution in [2.24, 2.45) is 0 Å². The summed E-state index contributed by atoms with van der Waals surface area (Å²) in [6.07, 6.45) is 4.62. The maximum absolute atomic E-state index is 13.0. The van der Waals surface area contributed by atoms with E-state index in [-0.39, 0.29) is 11.6 Å². The van der Waals surface area contributed by atoms with Crippen LogP contribution in [-0.4, -0.2) is 22.1 Å². The number of rotatable bonds is 3. The quantitative estimate of drug-likeness (QED) is 0.675. The highest BCUT2D eigenvalue weighted by Gasteiger charge is 2.29. The number of halogens is 1. The first-order valence-corrected chi connectivity index (χ1v) is 9.53. The van der Waals surface area contributed by atoms with Crippen molar-refractivity contribution in [3.05, 3.63) is 70.2 Å². The zero-order valence-electron chi connectivity index (χ0n) is 14.8. The Hall–Kier alpha value is -2.33. The average Bonchev–Trinajstić information content (AvgIpc) is 2.69. The van der Waals surface area contributed by atoms with Gasteiger partial charge in [0, 0.05) is 29.3 Å². The molecule has 0 amide bonds. The van der Waals surface area contributed by atoms with Gasteiger partial charge in [-0.2, -0.15) is 0 Å². The van der Waals surface area contributed by atoms with Gasteiger partial charge < -0.3 is 4.90 Å². The molecule has 26 heavy (non-hydrogen) atoms. The van der Waals surface area contributed by atoms with Crippen molar-refractivity contribution in [2.45, 2.75) is 38.3 Å². The van der Waals surface area contributed by atoms with Crippen LogP contribution in [-0.2, 0) is 0 Å². The van der Waals surface area contributed by atoms with Gasteiger partial charge in [0.1, 0.15) is 0 Å². The minimum Gasteiger partial charge on any atom is -0.368 e. The van der Waals surface area contributed by atoms with Gasteiger partial charge in [0.25, 0.3) is 5.56 Å². The molecular weight excluding hydrogens is 346 g/mol. The fourth-order valence-corrected chi connectivity index (χ4v) is 4.17. The summed E-state index contributed by atoms with van der Waals surface area (Å²) in [5.41, 5.74) is 1.96. The van der Waals surface area contributed by atoms with Crippen LogP contribution >= 0.6 is 11.6 Å². The molecule has 1 aliphatic heterocycles. The zero-order valence-corrected chi connectivity index (χ0v) is 15.6. The van der Waals surface area contributed by atoms with Crippen molar-refractivity contribution in [3.8, 4) is 0 Å². The second-order valence-electron chi connectivity index (χ2n) is 6.89. The number of fused-ring (bicyclic) bond motifs is 1. The molecule has 4 nitrogen and oxygen atoms in total. The topological polar surface area (TPSA) is 38.1 Å². The summed E-state index contributed by atoms with van der Waals surface area (Å²) in [6, 6.07) is 16.4. The fraction of sp³-hybridized carbons (Fsp3) is 0.333. The Morgan fingerprint density at radius 1 is 1.19 bits per heavy atom. The molecule has 2 unspecified atom stereocenters. The SMILES string of the molecule is CCC1CC(n2cnc3ccc(Cl)cc3c2=O)CCN1c1ccccc1. The first-order valence-electron chi connectivity index (χ1n) is 9.15. The van der Waals surface area contributed by atoms with E-state index in [1.165, 1.54) is 5.69 Å². The lowest BCUT2D eigenvalue weighted by Gasteiger charge is -2.41. The first kappa shape index (κ1) is 17.1. The first-order chi connectivity index (χ1) is 12.7. The van der Waals surface area contributed by atoms with Crippen LogP contribution in [0.5, 0.6) is 0 Å². The third-order valence-electron chi connectivity index (χ3n) is 5.39. The van der Waals surface area contributed by atoms with Crippen molar-refractivity contribution < 1.29 is 0 Å². The largest absolute Gasteiger partial charge is 0.368 e. The van der Waals surface area contributed by atoms with Crippen LogP contribution in [0.4, 0.5) is 5.69 Å². The number of para-hydroxylation sites is 1. The highest BCUT2D eigenvalue weighted by atomic mass is 35.5. The molecule has 1 fully saturated rings. The molecule has 2 heterocycles. The smallest absolute Gasteiger partial charge is 0.261 e. The van der Waals surface area contributed by atoms with Crippen LogP contribution in [0.1, 0.15) is 32.2 Å². The van der Waals surface area contributed by atoms with E-state index in [0.29, 0.717) is 22.0 Å². The van der Waals surface area contributed by atoms with Crippen molar-refractivity contribution >= 4 is 28.2 Å². The number of aromatic nitrogens is 2. The van der Waals surface area contributed by atoms with Gasteiger partial charge in [-0.15, -0.1) is 0 Å². The molecule has 5 heteroatoms. The molecule has 0 radical (unpaired) electrons. The summed E-state index contributed by atoms with van der Waals surface area (Å²) in [7, 11) is 0. The summed E-state index contributed by atoms with van der Waals surface area (Å²) in [5.74, 6) is 0. The van der Waals surface area contributed by atoms with Crippen LogP contribution in [0.15, 0.2) is 59.7 Å². The van der Waals surface area contributed by atoms with Crippen LogP contribution in [0.25, 0.3) is 10.9 Å². The molecule has 4 rings (SSSR count). The Labute approximate surface area is 158 Å². The van der Waals surface area contributed by atoms with Gasteiger partial charge in [-0.1, -0.05) is 36.7 Å². The third-order valence-corrected chi connectivity index (χ3v) is 5.62. The molecule has 0 N–H and O–H groups in total. The normalized spacial score (nSPS) is 20.5. The second kappa shape index (κ2) is 7.12. The molecule has 1 aliphatic rings. The number of hydrogen-bond donors (Lipinski definition) is 0. The Kier molecular flexibility index (Phi) is 4.68. The molecule has 1 aromatic heterocycles. The predicted molar refractivity (Wildman–Crippen MR) is 107 cm³/mol. The summed E-state index contributed by atoms with van der Waals surface area (Å²) in [5, 5.41) is 1.16. The van der Waals surface area contributed by atoms with Gasteiger partial charge in [-0.3, -0.25) is 9.36 Å². The monoisotopic (exact) mass is 367 g/mol. The second-order valence-corrected chi connectivity index (χ2v) is 7.32. The highest BCUT2D eigenvalue weighted by molar-refractivity contribution is 6.31. The van der Waals surface area contributed by atoms with Crippen LogP contribution in [0.3, 0.4) is 0 Å². The molecule has 0 bridgehead atoms. The molecule has 2 atom stereocenters. The summed E-state index contributed by atoms with van der Waals surface area (Å²) in [6.45, 7) is 3.15. The van der Waals surface area contributed by atoms with E-state index in [1.807, 2.05) is 10.6 Å². The molecule has 0 saturated carbocycles. The lowest BCUT2D eigenvalue weighted by atomic mass is 9.94. The molecule has 0 aliphatic carbocycles. The lowest BCUT2D eigenvalue weighted by Crippen LogP contribution is -2.44. The molecule has 1 saturated heterocycles. The maximum Gasteiger partial charge on any atom is 0.261 e. The number of nitrogens with zero attached hydrogens (tertiary/aromatic N) is 3. The number of anilines is 1. The summed E-state index contributed by atoms with van der Waals surface area (Å²) >= 11 is 6.08. The molecule has 3 aromatic rings. The Morgan fingerprint density at radius 3 is 2.77 bits per heavy atom. The van der Waals surface area contributed by atoms with Gasteiger partial charge in [0.15, 0.2) is 0 Å². The van der Waals surface area contributed by atoms with Crippen molar-refractivity contribution in [2.75, 3.05) is 11.4 Å². The minimum atomic E-state index is 0.00511. The zero-order chi connectivity index (χ0) is 18.1. The third kappa shape index (κ3) is 3.10. The summed E-state index contributed by atoms with van der Waals surface area (Å²) < 4.78 is 1.81. The minimum absolute atomic E-state index is 0.00511. The van der Waals surface area contributed by atoms with Crippen LogP contribution < -0.4 is 10.5 Å². The van der Waals surface area contributed by atoms with E-state index >= 15 is 0 Å². The standard InChI is InChI=1S/C21H22ClN3O/c1-2-16-13-18(10-11-24(16)17-6-4-3-5-7-17)25-14-23-20-9-8-15(22)12-19(20)21(25)26/h3-9,12,14,16,18H,2,10-11,13H2,1H3. The van der Waals surface area contributed by atoms with E-state index in [9.17, 15) is 4.79 Å². The van der Waals surface area contributed by atoms with Gasteiger partial charge in [0.2, 0.25) is 0 Å². The molecule has 0 spiro atoms. The van der Waals surface area contributed by atoms with E-state index in [1.54, 1.807) is 24.5 Å². The number of benzene rings is 2. The van der Waals surface area contributed by atoms with Crippen LogP contribution in [0.2, 0.25) is 5.02 Å². The fourth-order valence-electron chi connectivity index (χ4n) is 4.00. The summed E-state index contributed by atoms with van der Waals surface area (Å²) in [4.78, 5) is 19.9. The molecule has 2 aromatic carbocycles. The van der Waals surface area contributed by atoms with Crippen molar-refractivity contribution in [3.63, 3.8) is 0 Å². The van der Waals surface area contributed by atoms with Gasteiger partial charge in [0.05, 0.1) is 17.2 Å². The van der Waals surface area contributed by atoms with Gasteiger partial charge in [-0.25, -0.2) is 4.98 Å². The van der Waals surface area contributed by atoms with E-state index in [2.05, 4.69) is 41.1 Å². The molecule has 134 valence electrons. The molecular formula is C21H22ClN3O. The number of piperidine rings is 1. The Morgan fingerprint density at radius 2 is 2.00 bits per heavy atom. The van der Waals surface area contributed by atoms with E-state index in [4.69, 9.17) is 11.6 Å². The lowest BCUT2D eigenvalue weighted by molar-refractivity contribution is 0.325. The number of hydrogen-bond acceptors (Lipinski definition) is 3. The van der Waals surface area contributed by atoms with Crippen molar-refractivity contribution in [1.82, 2.24) is 9.55 Å². The van der Waals surface area contributed by atoms with E-state index < -0.39 is 0 Å². The van der Waals surface area contributed by atoms with E-state index in [0.717, 1.165) is 25.8 Å². The van der Waals surface area contributed by atoms with Crippen LogP contribution in [0, 0.1) is 0 Å². The Balaban J connectivity index is 1.65. The highest BCUT2D eigenvalue weighted by Crippen LogP contribution is 2.31. The maximum atomic E-state index is 13.0. The van der Waals surface area contributed by atoms with Gasteiger partial charge >= 0.3 is 0 Å². The Bertz CT molecular complexity index is 970.